The molecule has 0 aliphatic heterocycles. The van der Waals surface area contributed by atoms with Crippen molar-refractivity contribution in [3.63, 3.8) is 0 Å². The molecule has 0 aliphatic rings. The van der Waals surface area contributed by atoms with E-state index in [1.165, 1.54) is 18.3 Å². The molecule has 0 fully saturated rings. The van der Waals surface area contributed by atoms with Gasteiger partial charge in [0.1, 0.15) is 5.71 Å². The number of nitrogens with zero attached hydrogens (tertiary/aromatic N) is 2. The van der Waals surface area contributed by atoms with E-state index >= 15 is 0 Å². The Morgan fingerprint density at radius 1 is 0.750 bits per heavy atom. The Bertz CT molecular complexity index is 993. The van der Waals surface area contributed by atoms with Gasteiger partial charge in [0.2, 0.25) is 5.78 Å². The highest BCUT2D eigenvalue weighted by atomic mass is 19.4. The van der Waals surface area contributed by atoms with E-state index in [1.807, 2.05) is 6.07 Å². The predicted molar refractivity (Wildman–Crippen MR) is 103 cm³/mol. The third-order valence-corrected chi connectivity index (χ3v) is 3.90. The van der Waals surface area contributed by atoms with Gasteiger partial charge in [-0.1, -0.05) is 72.8 Å². The smallest absolute Gasteiger partial charge is 0.287 e. The van der Waals surface area contributed by atoms with Gasteiger partial charge >= 0.3 is 6.18 Å². The predicted octanol–water partition coefficient (Wildman–Crippen LogP) is 5.41. The van der Waals surface area contributed by atoms with Crippen molar-refractivity contribution in [2.45, 2.75) is 6.18 Å². The van der Waals surface area contributed by atoms with Crippen LogP contribution in [0.25, 0.3) is 0 Å². The highest BCUT2D eigenvalue weighted by molar-refractivity contribution is 6.51. The van der Waals surface area contributed by atoms with Crippen LogP contribution in [0.1, 0.15) is 27.0 Å². The maximum absolute atomic E-state index is 12.8. The molecule has 0 heterocycles. The SMILES string of the molecule is O=C(/C(=N/N=C/c1ccc(C(F)(F)F)cc1)c1ccccc1)c1ccccc1. The Hall–Kier alpha value is -3.54. The first-order chi connectivity index (χ1) is 13.4. The quantitative estimate of drug-likeness (QED) is 0.331. The highest BCUT2D eigenvalue weighted by Crippen LogP contribution is 2.28. The van der Waals surface area contributed by atoms with Crippen molar-refractivity contribution in [2.75, 3.05) is 0 Å². The summed E-state index contributed by atoms with van der Waals surface area (Å²) in [6.07, 6.45) is -3.09. The van der Waals surface area contributed by atoms with Crippen LogP contribution in [0.2, 0.25) is 0 Å². The summed E-state index contributed by atoms with van der Waals surface area (Å²) in [7, 11) is 0. The summed E-state index contributed by atoms with van der Waals surface area (Å²) in [6.45, 7) is 0. The maximum atomic E-state index is 12.8. The minimum atomic E-state index is -4.39. The molecule has 0 bridgehead atoms. The van der Waals surface area contributed by atoms with Gasteiger partial charge in [-0.25, -0.2) is 0 Å². The Kier molecular flexibility index (Phi) is 5.79. The van der Waals surface area contributed by atoms with Gasteiger partial charge in [0, 0.05) is 11.1 Å². The lowest BCUT2D eigenvalue weighted by molar-refractivity contribution is -0.137. The average Bonchev–Trinajstić information content (AvgIpc) is 2.72. The summed E-state index contributed by atoms with van der Waals surface area (Å²) >= 11 is 0. The van der Waals surface area contributed by atoms with E-state index in [0.717, 1.165) is 12.1 Å². The van der Waals surface area contributed by atoms with Crippen molar-refractivity contribution in [3.05, 3.63) is 107 Å². The van der Waals surface area contributed by atoms with Gasteiger partial charge in [-0.05, 0) is 17.7 Å². The summed E-state index contributed by atoms with van der Waals surface area (Å²) in [5.74, 6) is -0.295. The summed E-state index contributed by atoms with van der Waals surface area (Å²) < 4.78 is 37.9. The Balaban J connectivity index is 1.89. The van der Waals surface area contributed by atoms with Crippen molar-refractivity contribution in [3.8, 4) is 0 Å². The van der Waals surface area contributed by atoms with Crippen LogP contribution in [-0.2, 0) is 6.18 Å². The largest absolute Gasteiger partial charge is 0.416 e. The summed E-state index contributed by atoms with van der Waals surface area (Å²) in [5.41, 5.74) is 0.916. The van der Waals surface area contributed by atoms with Gasteiger partial charge in [0.15, 0.2) is 0 Å². The van der Waals surface area contributed by atoms with Crippen LogP contribution in [0.15, 0.2) is 95.1 Å². The molecule has 6 heteroatoms. The molecule has 3 aromatic carbocycles. The average molecular weight is 380 g/mol. The Morgan fingerprint density at radius 2 is 1.29 bits per heavy atom. The lowest BCUT2D eigenvalue weighted by Crippen LogP contribution is -2.15. The number of ketones is 1. The molecule has 0 aromatic heterocycles. The van der Waals surface area contributed by atoms with Crippen LogP contribution in [0.4, 0.5) is 13.2 Å². The molecule has 0 saturated carbocycles. The molecule has 0 atom stereocenters. The second kappa shape index (κ2) is 8.43. The first-order valence-corrected chi connectivity index (χ1v) is 8.38. The molecule has 0 radical (unpaired) electrons. The van der Waals surface area contributed by atoms with Crippen molar-refractivity contribution < 1.29 is 18.0 Å². The number of rotatable bonds is 5. The first kappa shape index (κ1) is 19.2. The van der Waals surface area contributed by atoms with Gasteiger partial charge in [0.05, 0.1) is 11.8 Å². The zero-order chi connectivity index (χ0) is 20.0. The van der Waals surface area contributed by atoms with Crippen molar-refractivity contribution >= 4 is 17.7 Å². The van der Waals surface area contributed by atoms with Crippen LogP contribution < -0.4 is 0 Å². The van der Waals surface area contributed by atoms with Crippen molar-refractivity contribution in [1.82, 2.24) is 0 Å². The van der Waals surface area contributed by atoms with Crippen molar-refractivity contribution in [1.29, 1.82) is 0 Å². The zero-order valence-electron chi connectivity index (χ0n) is 14.6. The molecule has 3 aromatic rings. The van der Waals surface area contributed by atoms with Crippen LogP contribution >= 0.6 is 0 Å². The molecule has 0 amide bonds. The van der Waals surface area contributed by atoms with Gasteiger partial charge < -0.3 is 0 Å². The number of alkyl halides is 3. The van der Waals surface area contributed by atoms with Gasteiger partial charge in [-0.2, -0.15) is 18.3 Å². The van der Waals surface area contributed by atoms with E-state index in [9.17, 15) is 18.0 Å². The van der Waals surface area contributed by atoms with Gasteiger partial charge in [0.25, 0.3) is 0 Å². The fourth-order valence-corrected chi connectivity index (χ4v) is 2.47. The van der Waals surface area contributed by atoms with Gasteiger partial charge in [-0.15, -0.1) is 5.10 Å². The third-order valence-electron chi connectivity index (χ3n) is 3.90. The normalized spacial score (nSPS) is 12.3. The second-order valence-electron chi connectivity index (χ2n) is 5.87. The highest BCUT2D eigenvalue weighted by Gasteiger charge is 2.29. The van der Waals surface area contributed by atoms with Crippen LogP contribution in [0.5, 0.6) is 0 Å². The van der Waals surface area contributed by atoms with Crippen LogP contribution in [-0.4, -0.2) is 17.7 Å². The van der Waals surface area contributed by atoms with Gasteiger partial charge in [-0.3, -0.25) is 4.79 Å². The first-order valence-electron chi connectivity index (χ1n) is 8.38. The molecule has 28 heavy (non-hydrogen) atoms. The van der Waals surface area contributed by atoms with E-state index in [0.29, 0.717) is 16.7 Å². The minimum absolute atomic E-state index is 0.148. The number of Topliss-reactive ketones (excluding diaryl/α,β-unsaturated/α-hetero) is 1. The number of hydrogen-bond acceptors (Lipinski definition) is 3. The number of carbonyl (C=O) groups is 1. The van der Waals surface area contributed by atoms with Crippen LogP contribution in [0, 0.1) is 0 Å². The molecule has 0 aliphatic carbocycles. The van der Waals surface area contributed by atoms with E-state index in [2.05, 4.69) is 10.2 Å². The Labute approximate surface area is 159 Å². The topological polar surface area (TPSA) is 41.8 Å². The molecule has 0 spiro atoms. The lowest BCUT2D eigenvalue weighted by Gasteiger charge is -2.06. The van der Waals surface area contributed by atoms with E-state index in [1.54, 1.807) is 54.6 Å². The molecule has 0 N–H and O–H groups in total. The number of hydrogen-bond donors (Lipinski definition) is 0. The monoisotopic (exact) mass is 380 g/mol. The van der Waals surface area contributed by atoms with E-state index < -0.39 is 11.7 Å². The summed E-state index contributed by atoms with van der Waals surface area (Å²) in [4.78, 5) is 12.8. The summed E-state index contributed by atoms with van der Waals surface area (Å²) in [5, 5.41) is 7.97. The fraction of sp³-hybridized carbons (Fsp3) is 0.0455. The van der Waals surface area contributed by atoms with Crippen molar-refractivity contribution in [2.24, 2.45) is 10.2 Å². The van der Waals surface area contributed by atoms with E-state index in [-0.39, 0.29) is 11.5 Å². The standard InChI is InChI=1S/C22H15F3N2O/c23-22(24,25)19-13-11-16(12-14-19)15-26-27-20(17-7-3-1-4-8-17)21(28)18-9-5-2-6-10-18/h1-15H/b26-15+,27-20+. The summed E-state index contributed by atoms with van der Waals surface area (Å²) in [6, 6.07) is 22.1. The zero-order valence-corrected chi connectivity index (χ0v) is 14.6. The number of benzene rings is 3. The molecule has 140 valence electrons. The maximum Gasteiger partial charge on any atom is 0.416 e. The van der Waals surface area contributed by atoms with Crippen LogP contribution in [0.3, 0.4) is 0 Å². The number of halogens is 3. The fourth-order valence-electron chi connectivity index (χ4n) is 2.47. The molecule has 0 unspecified atom stereocenters. The van der Waals surface area contributed by atoms with E-state index in [4.69, 9.17) is 0 Å². The number of carbonyl (C=O) groups excluding carboxylic acids is 1. The molecule has 3 nitrogen and oxygen atoms in total. The third kappa shape index (κ3) is 4.79. The molecule has 3 rings (SSSR count). The Morgan fingerprint density at radius 3 is 1.82 bits per heavy atom. The lowest BCUT2D eigenvalue weighted by atomic mass is 10.0. The molecular formula is C22H15F3N2O. The molecule has 0 saturated heterocycles. The molecular weight excluding hydrogens is 365 g/mol. The minimum Gasteiger partial charge on any atom is -0.287 e. The second-order valence-corrected chi connectivity index (χ2v) is 5.87.